The van der Waals surface area contributed by atoms with E-state index in [0.717, 1.165) is 17.4 Å². The second-order valence-electron chi connectivity index (χ2n) is 8.40. The standard InChI is InChI=1S/C23H17F3N4O4S/c1-3-12-4-5-34-23(2)10-29-9-13(19(31)20(32)18(29)22(33)30(12)23)21-28-27-17(35-21)7-11-6-15(25)16(26)8-14(11)24/h1,6,8-9,12,32H,4-5,7,10H2,2H3/t12-,23+/m1/s1. The highest BCUT2D eigenvalue weighted by molar-refractivity contribution is 7.14. The number of ether oxygens (including phenoxy) is 1. The number of rotatable bonds is 3. The molecule has 0 unspecified atom stereocenters. The molecular weight excluding hydrogens is 485 g/mol. The van der Waals surface area contributed by atoms with Gasteiger partial charge in [0.15, 0.2) is 33.8 Å². The van der Waals surface area contributed by atoms with Crippen LogP contribution in [0.3, 0.4) is 0 Å². The smallest absolute Gasteiger partial charge is 0.277 e. The van der Waals surface area contributed by atoms with Crippen LogP contribution in [-0.2, 0) is 17.7 Å². The van der Waals surface area contributed by atoms with Crippen LogP contribution in [0.1, 0.15) is 34.4 Å². The first kappa shape index (κ1) is 23.1. The van der Waals surface area contributed by atoms with E-state index in [2.05, 4.69) is 16.1 Å². The van der Waals surface area contributed by atoms with Crippen molar-refractivity contribution in [3.8, 4) is 28.7 Å². The Bertz CT molecular complexity index is 1480. The number of aromatic nitrogens is 3. The van der Waals surface area contributed by atoms with E-state index in [0.29, 0.717) is 19.1 Å². The van der Waals surface area contributed by atoms with Crippen LogP contribution in [0.4, 0.5) is 13.2 Å². The molecule has 2 aromatic heterocycles. The Kier molecular flexibility index (Phi) is 5.41. The second kappa shape index (κ2) is 8.21. The number of aromatic hydroxyl groups is 1. The van der Waals surface area contributed by atoms with Gasteiger partial charge in [-0.3, -0.25) is 14.5 Å². The van der Waals surface area contributed by atoms with Gasteiger partial charge in [-0.25, -0.2) is 13.2 Å². The van der Waals surface area contributed by atoms with Gasteiger partial charge in [-0.2, -0.15) is 0 Å². The molecule has 1 saturated heterocycles. The Labute approximate surface area is 200 Å². The Morgan fingerprint density at radius 2 is 2.00 bits per heavy atom. The van der Waals surface area contributed by atoms with Gasteiger partial charge in [0.1, 0.15) is 10.8 Å². The predicted octanol–water partition coefficient (Wildman–Crippen LogP) is 2.67. The predicted molar refractivity (Wildman–Crippen MR) is 118 cm³/mol. The van der Waals surface area contributed by atoms with Crippen LogP contribution in [-0.4, -0.2) is 49.1 Å². The maximum absolute atomic E-state index is 14.0. The maximum Gasteiger partial charge on any atom is 0.277 e. The van der Waals surface area contributed by atoms with Gasteiger partial charge in [-0.15, -0.1) is 16.6 Å². The minimum Gasteiger partial charge on any atom is -0.503 e. The quantitative estimate of drug-likeness (QED) is 0.437. The molecule has 35 heavy (non-hydrogen) atoms. The molecule has 1 N–H and O–H groups in total. The first-order valence-corrected chi connectivity index (χ1v) is 11.3. The van der Waals surface area contributed by atoms with Crippen molar-refractivity contribution < 1.29 is 27.8 Å². The minimum absolute atomic E-state index is 0.0325. The average Bonchev–Trinajstić information content (AvgIpc) is 3.27. The van der Waals surface area contributed by atoms with Crippen LogP contribution in [0.5, 0.6) is 5.75 Å². The lowest BCUT2D eigenvalue weighted by atomic mass is 9.99. The van der Waals surface area contributed by atoms with Gasteiger partial charge in [0.2, 0.25) is 5.43 Å². The Morgan fingerprint density at radius 1 is 1.26 bits per heavy atom. The highest BCUT2D eigenvalue weighted by Gasteiger charge is 2.49. The molecule has 4 heterocycles. The number of terminal acetylenes is 1. The van der Waals surface area contributed by atoms with E-state index in [1.54, 1.807) is 6.92 Å². The topological polar surface area (TPSA) is 97.5 Å². The van der Waals surface area contributed by atoms with Gasteiger partial charge in [0, 0.05) is 25.1 Å². The number of hydrogen-bond acceptors (Lipinski definition) is 7. The lowest BCUT2D eigenvalue weighted by Crippen LogP contribution is -2.64. The molecule has 8 nitrogen and oxygen atoms in total. The van der Waals surface area contributed by atoms with Crippen molar-refractivity contribution in [1.82, 2.24) is 19.7 Å². The van der Waals surface area contributed by atoms with E-state index in [4.69, 9.17) is 11.2 Å². The summed E-state index contributed by atoms with van der Waals surface area (Å²) in [5.41, 5.74) is -2.31. The Hall–Kier alpha value is -3.69. The molecule has 0 aliphatic carbocycles. The highest BCUT2D eigenvalue weighted by atomic mass is 32.1. The van der Waals surface area contributed by atoms with E-state index in [-0.39, 0.29) is 39.8 Å². The third kappa shape index (κ3) is 3.67. The fourth-order valence-electron chi connectivity index (χ4n) is 4.43. The third-order valence-electron chi connectivity index (χ3n) is 6.09. The summed E-state index contributed by atoms with van der Waals surface area (Å²) in [5.74, 6) is -2.28. The van der Waals surface area contributed by atoms with E-state index in [1.807, 2.05) is 0 Å². The van der Waals surface area contributed by atoms with Gasteiger partial charge in [-0.1, -0.05) is 17.3 Å². The summed E-state index contributed by atoms with van der Waals surface area (Å²) in [4.78, 5) is 27.6. The van der Waals surface area contributed by atoms with Crippen molar-refractivity contribution in [1.29, 1.82) is 0 Å². The highest BCUT2D eigenvalue weighted by Crippen LogP contribution is 2.37. The molecule has 0 spiro atoms. The van der Waals surface area contributed by atoms with Crippen molar-refractivity contribution in [2.75, 3.05) is 6.61 Å². The SMILES string of the molecule is C#C[C@@H]1CCO[C@@]2(C)Cn3cc(-c4nnc(Cc5cc(F)c(F)cc5F)s4)c(=O)c(O)c3C(=O)N12. The van der Waals surface area contributed by atoms with Crippen LogP contribution in [0.2, 0.25) is 0 Å². The molecule has 180 valence electrons. The normalized spacial score (nSPS) is 21.4. The zero-order chi connectivity index (χ0) is 25.1. The number of carbonyl (C=O) groups excluding carboxylic acids is 1. The first-order chi connectivity index (χ1) is 16.6. The summed E-state index contributed by atoms with van der Waals surface area (Å²) in [6.07, 6.45) is 7.21. The van der Waals surface area contributed by atoms with Crippen LogP contribution >= 0.6 is 11.3 Å². The molecule has 1 amide bonds. The zero-order valence-corrected chi connectivity index (χ0v) is 19.0. The third-order valence-corrected chi connectivity index (χ3v) is 7.04. The second-order valence-corrected chi connectivity index (χ2v) is 9.46. The van der Waals surface area contributed by atoms with Crippen LogP contribution in [0.15, 0.2) is 23.1 Å². The molecule has 2 aliphatic rings. The zero-order valence-electron chi connectivity index (χ0n) is 18.2. The summed E-state index contributed by atoms with van der Waals surface area (Å²) in [5, 5.41) is 18.9. The van der Waals surface area contributed by atoms with Crippen molar-refractivity contribution >= 4 is 17.2 Å². The Balaban J connectivity index is 1.53. The van der Waals surface area contributed by atoms with Crippen LogP contribution in [0, 0.1) is 29.8 Å². The maximum atomic E-state index is 14.0. The van der Waals surface area contributed by atoms with Gasteiger partial charge in [0.25, 0.3) is 5.91 Å². The summed E-state index contributed by atoms with van der Waals surface area (Å²) in [6.45, 7) is 2.13. The van der Waals surface area contributed by atoms with E-state index in [1.165, 1.54) is 15.7 Å². The number of benzene rings is 1. The number of amides is 1. The number of carbonyl (C=O) groups is 1. The Morgan fingerprint density at radius 3 is 2.74 bits per heavy atom. The van der Waals surface area contributed by atoms with Crippen molar-refractivity contribution in [3.63, 3.8) is 0 Å². The number of halogens is 3. The molecular formula is C23H17F3N4O4S. The number of pyridine rings is 1. The lowest BCUT2D eigenvalue weighted by molar-refractivity contribution is -0.179. The molecule has 1 fully saturated rings. The van der Waals surface area contributed by atoms with Gasteiger partial charge < -0.3 is 14.4 Å². The van der Waals surface area contributed by atoms with Crippen molar-refractivity contribution in [3.05, 3.63) is 62.3 Å². The summed E-state index contributed by atoms with van der Waals surface area (Å²) in [7, 11) is 0. The van der Waals surface area contributed by atoms with Crippen molar-refractivity contribution in [2.45, 2.75) is 38.1 Å². The monoisotopic (exact) mass is 502 g/mol. The average molecular weight is 502 g/mol. The molecule has 0 saturated carbocycles. The molecule has 5 rings (SSSR count). The fourth-order valence-corrected chi connectivity index (χ4v) is 5.30. The first-order valence-electron chi connectivity index (χ1n) is 10.5. The molecule has 2 aliphatic heterocycles. The molecule has 3 aromatic rings. The molecule has 0 bridgehead atoms. The van der Waals surface area contributed by atoms with Crippen LogP contribution < -0.4 is 5.43 Å². The summed E-state index contributed by atoms with van der Waals surface area (Å²) >= 11 is 0.917. The summed E-state index contributed by atoms with van der Waals surface area (Å²) < 4.78 is 48.0. The summed E-state index contributed by atoms with van der Waals surface area (Å²) in [6, 6.07) is 0.628. The molecule has 2 atom stereocenters. The van der Waals surface area contributed by atoms with Gasteiger partial charge in [-0.05, 0) is 18.6 Å². The van der Waals surface area contributed by atoms with Gasteiger partial charge in [0.05, 0.1) is 24.8 Å². The number of hydrogen-bond donors (Lipinski definition) is 1. The largest absolute Gasteiger partial charge is 0.503 e. The van der Waals surface area contributed by atoms with Crippen molar-refractivity contribution in [2.24, 2.45) is 0 Å². The molecule has 12 heteroatoms. The van der Waals surface area contributed by atoms with Crippen LogP contribution in [0.25, 0.3) is 10.6 Å². The number of nitrogens with zero attached hydrogens (tertiary/aromatic N) is 4. The fraction of sp³-hybridized carbons (Fsp3) is 0.304. The minimum atomic E-state index is -1.31. The van der Waals surface area contributed by atoms with Gasteiger partial charge >= 0.3 is 0 Å². The van der Waals surface area contributed by atoms with E-state index in [9.17, 15) is 27.9 Å². The van der Waals surface area contributed by atoms with E-state index < -0.39 is 46.3 Å². The van der Waals surface area contributed by atoms with E-state index >= 15 is 0 Å². The molecule has 0 radical (unpaired) electrons. The molecule has 1 aromatic carbocycles. The number of fused-ring (bicyclic) bond motifs is 2. The lowest BCUT2D eigenvalue weighted by Gasteiger charge is -2.50.